The van der Waals surface area contributed by atoms with Crippen molar-refractivity contribution in [3.63, 3.8) is 0 Å². The van der Waals surface area contributed by atoms with Crippen molar-refractivity contribution in [2.75, 3.05) is 19.8 Å². The Morgan fingerprint density at radius 2 is 1.76 bits per heavy atom. The maximum absolute atomic E-state index is 12.6. The van der Waals surface area contributed by atoms with Gasteiger partial charge in [-0.25, -0.2) is 0 Å². The van der Waals surface area contributed by atoms with Crippen LogP contribution in [0.5, 0.6) is 23.0 Å². The minimum atomic E-state index is -0.190. The van der Waals surface area contributed by atoms with Gasteiger partial charge in [0.25, 0.3) is 5.91 Å². The van der Waals surface area contributed by atoms with Crippen molar-refractivity contribution in [3.05, 3.63) is 80.3 Å². The Hall–Kier alpha value is -2.60. The summed E-state index contributed by atoms with van der Waals surface area (Å²) in [5.74, 6) is 2.37. The zero-order valence-corrected chi connectivity index (χ0v) is 20.9. The smallest absolute Gasteiger partial charge is 0.251 e. The molecule has 5 nitrogen and oxygen atoms in total. The third kappa shape index (κ3) is 5.90. The number of hydrogen-bond acceptors (Lipinski definition) is 4. The summed E-state index contributed by atoms with van der Waals surface area (Å²) in [5, 5.41) is 4.33. The molecule has 3 aromatic rings. The minimum Gasteiger partial charge on any atom is -0.494 e. The maximum atomic E-state index is 12.6. The summed E-state index contributed by atoms with van der Waals surface area (Å²) in [6.45, 7) is 3.51. The Bertz CT molecular complexity index is 1180. The lowest BCUT2D eigenvalue weighted by molar-refractivity contribution is 0.0954. The Balaban J connectivity index is 1.35. The second-order valence-electron chi connectivity index (χ2n) is 7.78. The van der Waals surface area contributed by atoms with Gasteiger partial charge < -0.3 is 19.5 Å². The predicted molar refractivity (Wildman–Crippen MR) is 135 cm³/mol. The van der Waals surface area contributed by atoms with Gasteiger partial charge in [0.05, 0.1) is 28.3 Å². The van der Waals surface area contributed by atoms with E-state index >= 15 is 0 Å². The fraction of sp³-hybridized carbons (Fsp3) is 0.269. The first-order valence-corrected chi connectivity index (χ1v) is 12.2. The topological polar surface area (TPSA) is 56.8 Å². The van der Waals surface area contributed by atoms with Crippen molar-refractivity contribution in [1.29, 1.82) is 0 Å². The lowest BCUT2D eigenvalue weighted by Gasteiger charge is -2.19. The van der Waals surface area contributed by atoms with Crippen LogP contribution < -0.4 is 19.5 Å². The Labute approximate surface area is 213 Å². The second-order valence-corrected chi connectivity index (χ2v) is 9.00. The molecule has 0 bridgehead atoms. The normalized spacial score (nSPS) is 12.5. The molecule has 0 aromatic heterocycles. The van der Waals surface area contributed by atoms with Crippen LogP contribution in [0.15, 0.2) is 48.5 Å². The van der Waals surface area contributed by atoms with E-state index < -0.39 is 0 Å². The Morgan fingerprint density at radius 1 is 1.00 bits per heavy atom. The molecule has 1 amide bonds. The third-order valence-electron chi connectivity index (χ3n) is 5.39. The Morgan fingerprint density at radius 3 is 2.53 bits per heavy atom. The van der Waals surface area contributed by atoms with Crippen molar-refractivity contribution in [3.8, 4) is 23.0 Å². The van der Waals surface area contributed by atoms with Gasteiger partial charge in [-0.1, -0.05) is 34.8 Å². The van der Waals surface area contributed by atoms with E-state index in [0.717, 1.165) is 29.7 Å². The average Bonchev–Trinajstić information content (AvgIpc) is 2.83. The first-order chi connectivity index (χ1) is 16.4. The van der Waals surface area contributed by atoms with Crippen LogP contribution in [0.4, 0.5) is 0 Å². The van der Waals surface area contributed by atoms with Crippen LogP contribution in [0.2, 0.25) is 15.1 Å². The van der Waals surface area contributed by atoms with E-state index in [0.29, 0.717) is 64.1 Å². The molecule has 1 heterocycles. The summed E-state index contributed by atoms with van der Waals surface area (Å²) in [6.07, 6.45) is 2.48. The molecule has 1 aliphatic heterocycles. The number of aryl methyl sites for hydroxylation is 1. The highest BCUT2D eigenvalue weighted by Gasteiger charge is 2.16. The van der Waals surface area contributed by atoms with Crippen LogP contribution in [-0.4, -0.2) is 25.7 Å². The van der Waals surface area contributed by atoms with Crippen LogP contribution in [0.3, 0.4) is 0 Å². The first kappa shape index (κ1) is 24.5. The molecule has 0 atom stereocenters. The molecule has 4 rings (SSSR count). The molecule has 34 heavy (non-hydrogen) atoms. The summed E-state index contributed by atoms with van der Waals surface area (Å²) in [6, 6.07) is 14.1. The van der Waals surface area contributed by atoms with Gasteiger partial charge in [0.1, 0.15) is 23.0 Å². The van der Waals surface area contributed by atoms with Crippen molar-refractivity contribution < 1.29 is 19.0 Å². The van der Waals surface area contributed by atoms with Crippen molar-refractivity contribution in [2.24, 2.45) is 0 Å². The van der Waals surface area contributed by atoms with E-state index in [9.17, 15) is 4.79 Å². The quantitative estimate of drug-likeness (QED) is 0.343. The summed E-state index contributed by atoms with van der Waals surface area (Å²) in [7, 11) is 0. The van der Waals surface area contributed by atoms with Crippen LogP contribution in [0.25, 0.3) is 0 Å². The molecular formula is C26H24Cl3NO4. The van der Waals surface area contributed by atoms with E-state index in [2.05, 4.69) is 5.32 Å². The van der Waals surface area contributed by atoms with Crippen molar-refractivity contribution >= 4 is 40.7 Å². The maximum Gasteiger partial charge on any atom is 0.251 e. The lowest BCUT2D eigenvalue weighted by atomic mass is 10.1. The number of carbonyl (C=O) groups is 1. The van der Waals surface area contributed by atoms with Crippen LogP contribution >= 0.6 is 34.8 Å². The van der Waals surface area contributed by atoms with E-state index in [1.165, 1.54) is 0 Å². The summed E-state index contributed by atoms with van der Waals surface area (Å²) in [4.78, 5) is 12.6. The molecule has 8 heteroatoms. The van der Waals surface area contributed by atoms with Gasteiger partial charge in [0.2, 0.25) is 0 Å². The fourth-order valence-electron chi connectivity index (χ4n) is 3.70. The van der Waals surface area contributed by atoms with Gasteiger partial charge in [0.15, 0.2) is 0 Å². The molecule has 0 unspecified atom stereocenters. The number of benzene rings is 3. The van der Waals surface area contributed by atoms with Crippen molar-refractivity contribution in [2.45, 2.75) is 26.2 Å². The summed E-state index contributed by atoms with van der Waals surface area (Å²) < 4.78 is 17.3. The molecular weight excluding hydrogens is 497 g/mol. The Kier molecular flexibility index (Phi) is 8.09. The standard InChI is InChI=1S/C26H24Cl3NO4/c1-2-32-23-14-21(28)20(27)12-18(23)9-10-30-26(31)16-5-7-19(8-6-16)34-25-15-24-17(13-22(25)29)4-3-11-33-24/h5-8,12-15H,2-4,9-11H2,1H3,(H,30,31). The molecule has 1 N–H and O–H groups in total. The van der Waals surface area contributed by atoms with Gasteiger partial charge in [-0.3, -0.25) is 4.79 Å². The number of carbonyl (C=O) groups excluding carboxylic acids is 1. The van der Waals surface area contributed by atoms with Crippen molar-refractivity contribution in [1.82, 2.24) is 5.32 Å². The fourth-order valence-corrected chi connectivity index (χ4v) is 4.26. The molecule has 0 saturated carbocycles. The number of fused-ring (bicyclic) bond motifs is 1. The van der Waals surface area contributed by atoms with E-state index in [1.807, 2.05) is 19.1 Å². The SMILES string of the molecule is CCOc1cc(Cl)c(Cl)cc1CCNC(=O)c1ccc(Oc2cc3c(cc2Cl)CCCO3)cc1. The molecule has 0 aliphatic carbocycles. The molecule has 3 aromatic carbocycles. The van der Waals surface area contributed by atoms with Gasteiger partial charge in [-0.05, 0) is 73.7 Å². The first-order valence-electron chi connectivity index (χ1n) is 11.1. The highest BCUT2D eigenvalue weighted by atomic mass is 35.5. The van der Waals surface area contributed by atoms with Crippen LogP contribution in [0, 0.1) is 0 Å². The highest BCUT2D eigenvalue weighted by molar-refractivity contribution is 6.42. The predicted octanol–water partition coefficient (Wildman–Crippen LogP) is 7.14. The number of amides is 1. The summed E-state index contributed by atoms with van der Waals surface area (Å²) >= 11 is 18.6. The van der Waals surface area contributed by atoms with Gasteiger partial charge in [0, 0.05) is 24.2 Å². The zero-order chi connectivity index (χ0) is 24.1. The van der Waals surface area contributed by atoms with E-state index in [1.54, 1.807) is 36.4 Å². The molecule has 0 fully saturated rings. The number of hydrogen-bond donors (Lipinski definition) is 1. The number of nitrogens with one attached hydrogen (secondary N) is 1. The molecule has 0 saturated heterocycles. The highest BCUT2D eigenvalue weighted by Crippen LogP contribution is 2.37. The van der Waals surface area contributed by atoms with Crippen LogP contribution in [-0.2, 0) is 12.8 Å². The van der Waals surface area contributed by atoms with E-state index in [-0.39, 0.29) is 5.91 Å². The second kappa shape index (κ2) is 11.2. The van der Waals surface area contributed by atoms with Gasteiger partial charge in [-0.15, -0.1) is 0 Å². The zero-order valence-electron chi connectivity index (χ0n) is 18.6. The monoisotopic (exact) mass is 519 g/mol. The molecule has 178 valence electrons. The number of ether oxygens (including phenoxy) is 3. The number of rotatable bonds is 8. The summed E-state index contributed by atoms with van der Waals surface area (Å²) in [5.41, 5.74) is 2.49. The van der Waals surface area contributed by atoms with Crippen LogP contribution in [0.1, 0.15) is 34.8 Å². The molecule has 0 radical (unpaired) electrons. The van der Waals surface area contributed by atoms with Gasteiger partial charge >= 0.3 is 0 Å². The number of halogens is 3. The molecule has 1 aliphatic rings. The molecule has 0 spiro atoms. The lowest BCUT2D eigenvalue weighted by Crippen LogP contribution is -2.25. The minimum absolute atomic E-state index is 0.190. The average molecular weight is 521 g/mol. The van der Waals surface area contributed by atoms with Gasteiger partial charge in [-0.2, -0.15) is 0 Å². The third-order valence-corrected chi connectivity index (χ3v) is 6.41. The van der Waals surface area contributed by atoms with E-state index in [4.69, 9.17) is 49.0 Å². The largest absolute Gasteiger partial charge is 0.494 e.